The summed E-state index contributed by atoms with van der Waals surface area (Å²) in [5.41, 5.74) is 1.23. The van der Waals surface area contributed by atoms with Gasteiger partial charge in [-0.2, -0.15) is 0 Å². The maximum absolute atomic E-state index is 9.16. The SMILES string of the molecule is CCCCCNC(C)c1ccc(O)cc1. The Hall–Kier alpha value is -1.02. The van der Waals surface area contributed by atoms with E-state index >= 15 is 0 Å². The van der Waals surface area contributed by atoms with Crippen LogP contribution in [0.3, 0.4) is 0 Å². The van der Waals surface area contributed by atoms with Gasteiger partial charge in [-0.05, 0) is 37.6 Å². The molecule has 0 aliphatic heterocycles. The van der Waals surface area contributed by atoms with Gasteiger partial charge in [-0.3, -0.25) is 0 Å². The lowest BCUT2D eigenvalue weighted by molar-refractivity contribution is 0.474. The topological polar surface area (TPSA) is 32.3 Å². The number of benzene rings is 1. The average Bonchev–Trinajstić information content (AvgIpc) is 2.25. The second-order valence-corrected chi connectivity index (χ2v) is 3.97. The van der Waals surface area contributed by atoms with Gasteiger partial charge >= 0.3 is 0 Å². The van der Waals surface area contributed by atoms with E-state index in [9.17, 15) is 0 Å². The number of hydrogen-bond acceptors (Lipinski definition) is 2. The molecule has 2 N–H and O–H groups in total. The highest BCUT2D eigenvalue weighted by atomic mass is 16.3. The molecule has 15 heavy (non-hydrogen) atoms. The first-order valence-electron chi connectivity index (χ1n) is 5.76. The summed E-state index contributed by atoms with van der Waals surface area (Å²) < 4.78 is 0. The van der Waals surface area contributed by atoms with Crippen LogP contribution in [0.2, 0.25) is 0 Å². The van der Waals surface area contributed by atoms with Gasteiger partial charge in [0.25, 0.3) is 0 Å². The normalized spacial score (nSPS) is 12.7. The molecule has 0 radical (unpaired) electrons. The molecule has 2 heteroatoms. The van der Waals surface area contributed by atoms with Gasteiger partial charge in [-0.1, -0.05) is 31.9 Å². The van der Waals surface area contributed by atoms with Crippen molar-refractivity contribution in [3.8, 4) is 5.75 Å². The Morgan fingerprint density at radius 2 is 1.87 bits per heavy atom. The molecule has 0 saturated heterocycles. The zero-order valence-electron chi connectivity index (χ0n) is 9.66. The molecule has 1 atom stereocenters. The van der Waals surface area contributed by atoms with Crippen LogP contribution >= 0.6 is 0 Å². The fourth-order valence-electron chi connectivity index (χ4n) is 1.57. The first-order chi connectivity index (χ1) is 7.24. The van der Waals surface area contributed by atoms with E-state index < -0.39 is 0 Å². The molecule has 0 aromatic heterocycles. The van der Waals surface area contributed by atoms with E-state index in [1.165, 1.54) is 24.8 Å². The van der Waals surface area contributed by atoms with E-state index in [4.69, 9.17) is 5.11 Å². The second-order valence-electron chi connectivity index (χ2n) is 3.97. The zero-order valence-corrected chi connectivity index (χ0v) is 9.66. The van der Waals surface area contributed by atoms with Crippen LogP contribution in [0.1, 0.15) is 44.7 Å². The monoisotopic (exact) mass is 207 g/mol. The van der Waals surface area contributed by atoms with Gasteiger partial charge in [0.05, 0.1) is 0 Å². The smallest absolute Gasteiger partial charge is 0.115 e. The number of hydrogen-bond donors (Lipinski definition) is 2. The number of phenolic OH excluding ortho intramolecular Hbond substituents is 1. The molecule has 0 aliphatic carbocycles. The van der Waals surface area contributed by atoms with E-state index in [2.05, 4.69) is 19.2 Å². The van der Waals surface area contributed by atoms with Crippen LogP contribution in [-0.2, 0) is 0 Å². The second kappa shape index (κ2) is 6.46. The van der Waals surface area contributed by atoms with Crippen molar-refractivity contribution in [2.45, 2.75) is 39.2 Å². The van der Waals surface area contributed by atoms with Crippen LogP contribution < -0.4 is 5.32 Å². The van der Waals surface area contributed by atoms with Crippen molar-refractivity contribution in [3.63, 3.8) is 0 Å². The van der Waals surface area contributed by atoms with Gasteiger partial charge in [0.1, 0.15) is 5.75 Å². The molecule has 2 nitrogen and oxygen atoms in total. The number of aromatic hydroxyl groups is 1. The fraction of sp³-hybridized carbons (Fsp3) is 0.538. The summed E-state index contributed by atoms with van der Waals surface area (Å²) in [7, 11) is 0. The molecule has 1 aromatic rings. The molecule has 0 aliphatic rings. The molecule has 84 valence electrons. The third-order valence-electron chi connectivity index (χ3n) is 2.62. The molecule has 0 saturated carbocycles. The molecule has 1 unspecified atom stereocenters. The predicted octanol–water partition coefficient (Wildman–Crippen LogP) is 3.23. The van der Waals surface area contributed by atoms with Crippen molar-refractivity contribution in [3.05, 3.63) is 29.8 Å². The minimum absolute atomic E-state index is 0.330. The quantitative estimate of drug-likeness (QED) is 0.702. The van der Waals surface area contributed by atoms with Crippen LogP contribution in [0.15, 0.2) is 24.3 Å². The van der Waals surface area contributed by atoms with E-state index in [-0.39, 0.29) is 0 Å². The molecule has 1 rings (SSSR count). The van der Waals surface area contributed by atoms with E-state index in [1.54, 1.807) is 12.1 Å². The molecule has 0 bridgehead atoms. The molecule has 0 spiro atoms. The summed E-state index contributed by atoms with van der Waals surface area (Å²) in [6, 6.07) is 7.76. The third-order valence-corrected chi connectivity index (χ3v) is 2.62. The van der Waals surface area contributed by atoms with Crippen molar-refractivity contribution >= 4 is 0 Å². The van der Waals surface area contributed by atoms with Gasteiger partial charge in [0, 0.05) is 6.04 Å². The Kier molecular flexibility index (Phi) is 5.19. The largest absolute Gasteiger partial charge is 0.508 e. The Bertz CT molecular complexity index is 268. The summed E-state index contributed by atoms with van der Waals surface area (Å²) in [5, 5.41) is 12.6. The lowest BCUT2D eigenvalue weighted by Crippen LogP contribution is -2.19. The Labute approximate surface area is 92.3 Å². The number of unbranched alkanes of at least 4 members (excludes halogenated alkanes) is 2. The Morgan fingerprint density at radius 1 is 1.20 bits per heavy atom. The maximum atomic E-state index is 9.16. The number of rotatable bonds is 6. The van der Waals surface area contributed by atoms with Gasteiger partial charge in [0.2, 0.25) is 0 Å². The molecule has 0 heterocycles. The molecule has 1 aromatic carbocycles. The molecule has 0 amide bonds. The van der Waals surface area contributed by atoms with Crippen molar-refractivity contribution in [2.24, 2.45) is 0 Å². The summed E-state index contributed by atoms with van der Waals surface area (Å²) in [5.74, 6) is 0.330. The third kappa shape index (κ3) is 4.34. The van der Waals surface area contributed by atoms with Gasteiger partial charge in [-0.25, -0.2) is 0 Å². The standard InChI is InChI=1S/C13H21NO/c1-3-4-5-10-14-11(2)12-6-8-13(15)9-7-12/h6-9,11,14-15H,3-5,10H2,1-2H3. The Balaban J connectivity index is 2.33. The lowest BCUT2D eigenvalue weighted by atomic mass is 10.1. The minimum Gasteiger partial charge on any atom is -0.508 e. The summed E-state index contributed by atoms with van der Waals surface area (Å²) in [6.45, 7) is 5.43. The van der Waals surface area contributed by atoms with Crippen LogP contribution in [0.5, 0.6) is 5.75 Å². The van der Waals surface area contributed by atoms with E-state index in [1.807, 2.05) is 12.1 Å². The van der Waals surface area contributed by atoms with Gasteiger partial charge in [-0.15, -0.1) is 0 Å². The van der Waals surface area contributed by atoms with Crippen molar-refractivity contribution < 1.29 is 5.11 Å². The highest BCUT2D eigenvalue weighted by Crippen LogP contribution is 2.16. The summed E-state index contributed by atoms with van der Waals surface area (Å²) >= 11 is 0. The summed E-state index contributed by atoms with van der Waals surface area (Å²) in [6.07, 6.45) is 3.78. The number of nitrogens with one attached hydrogen (secondary N) is 1. The van der Waals surface area contributed by atoms with Crippen LogP contribution in [0, 0.1) is 0 Å². The molecule has 0 fully saturated rings. The van der Waals surface area contributed by atoms with Crippen LogP contribution in [-0.4, -0.2) is 11.7 Å². The average molecular weight is 207 g/mol. The van der Waals surface area contributed by atoms with E-state index in [0.717, 1.165) is 6.54 Å². The molecular formula is C13H21NO. The number of phenols is 1. The highest BCUT2D eigenvalue weighted by molar-refractivity contribution is 5.27. The first kappa shape index (κ1) is 12.1. The maximum Gasteiger partial charge on any atom is 0.115 e. The van der Waals surface area contributed by atoms with E-state index in [0.29, 0.717) is 11.8 Å². The highest BCUT2D eigenvalue weighted by Gasteiger charge is 2.03. The fourth-order valence-corrected chi connectivity index (χ4v) is 1.57. The summed E-state index contributed by atoms with van der Waals surface area (Å²) in [4.78, 5) is 0. The van der Waals surface area contributed by atoms with Gasteiger partial charge < -0.3 is 10.4 Å². The van der Waals surface area contributed by atoms with Crippen molar-refractivity contribution in [2.75, 3.05) is 6.54 Å². The van der Waals surface area contributed by atoms with Crippen LogP contribution in [0.4, 0.5) is 0 Å². The van der Waals surface area contributed by atoms with Crippen molar-refractivity contribution in [1.82, 2.24) is 5.32 Å². The minimum atomic E-state index is 0.330. The first-order valence-corrected chi connectivity index (χ1v) is 5.76. The predicted molar refractivity (Wildman–Crippen MR) is 64.0 cm³/mol. The molecular weight excluding hydrogens is 186 g/mol. The lowest BCUT2D eigenvalue weighted by Gasteiger charge is -2.13. The Morgan fingerprint density at radius 3 is 2.47 bits per heavy atom. The van der Waals surface area contributed by atoms with Gasteiger partial charge in [0.15, 0.2) is 0 Å². The van der Waals surface area contributed by atoms with Crippen molar-refractivity contribution in [1.29, 1.82) is 0 Å². The van der Waals surface area contributed by atoms with Crippen LogP contribution in [0.25, 0.3) is 0 Å². The zero-order chi connectivity index (χ0) is 11.1.